The standard InChI is InChI=1S/C22H23N3O5/c1-22(2,3)30-19(26)12-28-16-7-5-15(6-8-16)25-21(27)18-11-14-10-13(20(23)24)4-9-17(14)29-18/h4-11H,12H2,1-3H3,(H3,23,24)(H,25,27). The van der Waals surface area contributed by atoms with Crippen molar-refractivity contribution < 1.29 is 23.5 Å². The SMILES string of the molecule is CC(C)(C)OC(=O)COc1ccc(NC(=O)c2cc3cc(C(=N)N)ccc3o2)cc1. The summed E-state index contributed by atoms with van der Waals surface area (Å²) in [6, 6.07) is 13.2. The van der Waals surface area contributed by atoms with Crippen LogP contribution < -0.4 is 15.8 Å². The van der Waals surface area contributed by atoms with Crippen molar-refractivity contribution in [1.82, 2.24) is 0 Å². The van der Waals surface area contributed by atoms with Gasteiger partial charge in [0.05, 0.1) is 0 Å². The highest BCUT2D eigenvalue weighted by molar-refractivity contribution is 6.05. The molecule has 3 aromatic rings. The van der Waals surface area contributed by atoms with Crippen molar-refractivity contribution >= 4 is 34.4 Å². The molecule has 1 amide bonds. The fourth-order valence-corrected chi connectivity index (χ4v) is 2.66. The minimum absolute atomic E-state index is 0.0573. The number of anilines is 1. The van der Waals surface area contributed by atoms with Crippen molar-refractivity contribution in [3.8, 4) is 5.75 Å². The van der Waals surface area contributed by atoms with Crippen LogP contribution in [0.25, 0.3) is 11.0 Å². The third-order valence-corrected chi connectivity index (χ3v) is 3.94. The summed E-state index contributed by atoms with van der Waals surface area (Å²) in [6.07, 6.45) is 0. The van der Waals surface area contributed by atoms with E-state index in [9.17, 15) is 9.59 Å². The number of benzene rings is 2. The minimum atomic E-state index is -0.571. The number of nitrogen functional groups attached to an aromatic ring is 1. The van der Waals surface area contributed by atoms with Crippen molar-refractivity contribution in [2.75, 3.05) is 11.9 Å². The van der Waals surface area contributed by atoms with Gasteiger partial charge in [0.15, 0.2) is 12.4 Å². The molecule has 1 aromatic heterocycles. The minimum Gasteiger partial charge on any atom is -0.482 e. The van der Waals surface area contributed by atoms with Crippen LogP contribution in [-0.4, -0.2) is 29.9 Å². The molecule has 8 heteroatoms. The lowest BCUT2D eigenvalue weighted by Gasteiger charge is -2.19. The largest absolute Gasteiger partial charge is 0.482 e. The third-order valence-electron chi connectivity index (χ3n) is 3.94. The summed E-state index contributed by atoms with van der Waals surface area (Å²) in [5.41, 5.74) is 6.53. The zero-order valence-electron chi connectivity index (χ0n) is 16.9. The van der Waals surface area contributed by atoms with Gasteiger partial charge in [-0.05, 0) is 69.3 Å². The summed E-state index contributed by atoms with van der Waals surface area (Å²) in [7, 11) is 0. The van der Waals surface area contributed by atoms with Gasteiger partial charge in [-0.3, -0.25) is 10.2 Å². The zero-order valence-corrected chi connectivity index (χ0v) is 16.9. The van der Waals surface area contributed by atoms with Gasteiger partial charge in [-0.1, -0.05) is 0 Å². The van der Waals surface area contributed by atoms with E-state index in [1.165, 1.54) is 0 Å². The number of fused-ring (bicyclic) bond motifs is 1. The van der Waals surface area contributed by atoms with Crippen LogP contribution in [0, 0.1) is 5.41 Å². The highest BCUT2D eigenvalue weighted by atomic mass is 16.6. The van der Waals surface area contributed by atoms with Crippen molar-refractivity contribution in [2.24, 2.45) is 5.73 Å². The summed E-state index contributed by atoms with van der Waals surface area (Å²) in [5, 5.41) is 10.9. The Morgan fingerprint density at radius 3 is 2.43 bits per heavy atom. The molecule has 2 aromatic carbocycles. The molecule has 3 rings (SSSR count). The van der Waals surface area contributed by atoms with Gasteiger partial charge in [-0.25, -0.2) is 4.79 Å². The molecule has 4 N–H and O–H groups in total. The topological polar surface area (TPSA) is 128 Å². The van der Waals surface area contributed by atoms with Crippen molar-refractivity contribution in [3.63, 3.8) is 0 Å². The van der Waals surface area contributed by atoms with Gasteiger partial charge >= 0.3 is 5.97 Å². The highest BCUT2D eigenvalue weighted by Gasteiger charge is 2.17. The maximum Gasteiger partial charge on any atom is 0.344 e. The number of amidine groups is 1. The molecule has 1 heterocycles. The number of esters is 1. The van der Waals surface area contributed by atoms with Gasteiger partial charge in [0.1, 0.15) is 22.8 Å². The molecule has 8 nitrogen and oxygen atoms in total. The number of hydrogen-bond acceptors (Lipinski definition) is 6. The van der Waals surface area contributed by atoms with Gasteiger partial charge in [0, 0.05) is 16.6 Å². The van der Waals surface area contributed by atoms with E-state index in [1.807, 2.05) is 0 Å². The van der Waals surface area contributed by atoms with E-state index in [-0.39, 0.29) is 18.2 Å². The molecule has 0 atom stereocenters. The fourth-order valence-electron chi connectivity index (χ4n) is 2.66. The summed E-state index contributed by atoms with van der Waals surface area (Å²) in [6.45, 7) is 5.15. The van der Waals surface area contributed by atoms with E-state index in [4.69, 9.17) is 25.0 Å². The number of furan rings is 1. The third kappa shape index (κ3) is 5.38. The maximum absolute atomic E-state index is 12.5. The average molecular weight is 409 g/mol. The van der Waals surface area contributed by atoms with Crippen LogP contribution in [0.1, 0.15) is 36.9 Å². The second-order valence-corrected chi connectivity index (χ2v) is 7.63. The maximum atomic E-state index is 12.5. The van der Waals surface area contributed by atoms with Crippen molar-refractivity contribution in [2.45, 2.75) is 26.4 Å². The predicted molar refractivity (Wildman–Crippen MR) is 113 cm³/mol. The van der Waals surface area contributed by atoms with E-state index < -0.39 is 17.5 Å². The van der Waals surface area contributed by atoms with E-state index in [1.54, 1.807) is 69.3 Å². The van der Waals surface area contributed by atoms with Crippen LogP contribution in [0.5, 0.6) is 5.75 Å². The Bertz CT molecular complexity index is 1090. The van der Waals surface area contributed by atoms with E-state index >= 15 is 0 Å². The lowest BCUT2D eigenvalue weighted by atomic mass is 10.1. The smallest absolute Gasteiger partial charge is 0.344 e. The van der Waals surface area contributed by atoms with Crippen molar-refractivity contribution in [3.05, 3.63) is 59.9 Å². The monoisotopic (exact) mass is 409 g/mol. The predicted octanol–water partition coefficient (Wildman–Crippen LogP) is 3.69. The molecule has 156 valence electrons. The number of nitrogens with one attached hydrogen (secondary N) is 2. The Kier molecular flexibility index (Phi) is 5.77. The van der Waals surface area contributed by atoms with Crippen LogP contribution in [0.2, 0.25) is 0 Å². The van der Waals surface area contributed by atoms with Gasteiger partial charge < -0.3 is 24.9 Å². The summed E-state index contributed by atoms with van der Waals surface area (Å²) in [5.74, 6) is -0.330. The molecule has 0 saturated carbocycles. The molecule has 0 spiro atoms. The van der Waals surface area contributed by atoms with Crippen LogP contribution >= 0.6 is 0 Å². The number of rotatable bonds is 6. The number of nitrogens with two attached hydrogens (primary N) is 1. The van der Waals surface area contributed by atoms with Crippen molar-refractivity contribution in [1.29, 1.82) is 5.41 Å². The second-order valence-electron chi connectivity index (χ2n) is 7.63. The first-order valence-electron chi connectivity index (χ1n) is 9.25. The number of hydrogen-bond donors (Lipinski definition) is 3. The van der Waals surface area contributed by atoms with E-state index in [0.29, 0.717) is 28.0 Å². The molecule has 0 unspecified atom stereocenters. The number of carbonyl (C=O) groups excluding carboxylic acids is 2. The summed E-state index contributed by atoms with van der Waals surface area (Å²) >= 11 is 0. The Balaban J connectivity index is 1.61. The van der Waals surface area contributed by atoms with Gasteiger partial charge in [-0.15, -0.1) is 0 Å². The molecular weight excluding hydrogens is 386 g/mol. The van der Waals surface area contributed by atoms with Crippen LogP contribution in [-0.2, 0) is 9.53 Å². The van der Waals surface area contributed by atoms with Crippen LogP contribution in [0.4, 0.5) is 5.69 Å². The Morgan fingerprint density at radius 2 is 1.80 bits per heavy atom. The van der Waals surface area contributed by atoms with Gasteiger partial charge in [0.2, 0.25) is 0 Å². The zero-order chi connectivity index (χ0) is 21.9. The summed E-state index contributed by atoms with van der Waals surface area (Å²) < 4.78 is 16.1. The first-order valence-corrected chi connectivity index (χ1v) is 9.25. The van der Waals surface area contributed by atoms with Crippen LogP contribution in [0.15, 0.2) is 52.9 Å². The van der Waals surface area contributed by atoms with E-state index in [2.05, 4.69) is 5.32 Å². The van der Waals surface area contributed by atoms with Crippen LogP contribution in [0.3, 0.4) is 0 Å². The lowest BCUT2D eigenvalue weighted by Crippen LogP contribution is -2.27. The molecule has 0 aliphatic carbocycles. The number of amides is 1. The molecule has 0 radical (unpaired) electrons. The van der Waals surface area contributed by atoms with E-state index in [0.717, 1.165) is 0 Å². The normalized spacial score (nSPS) is 11.2. The number of carbonyl (C=O) groups is 2. The first kappa shape index (κ1) is 20.9. The molecule has 30 heavy (non-hydrogen) atoms. The van der Waals surface area contributed by atoms with Gasteiger partial charge in [-0.2, -0.15) is 0 Å². The molecule has 0 aliphatic rings. The highest BCUT2D eigenvalue weighted by Crippen LogP contribution is 2.22. The Morgan fingerprint density at radius 1 is 1.10 bits per heavy atom. The lowest BCUT2D eigenvalue weighted by molar-refractivity contribution is -0.157. The molecular formula is C22H23N3O5. The quantitative estimate of drug-likeness (QED) is 0.324. The fraction of sp³-hybridized carbons (Fsp3) is 0.227. The molecule has 0 bridgehead atoms. The number of ether oxygens (including phenoxy) is 2. The molecule has 0 saturated heterocycles. The van der Waals surface area contributed by atoms with Gasteiger partial charge in [0.25, 0.3) is 5.91 Å². The molecule has 0 aliphatic heterocycles. The summed E-state index contributed by atoms with van der Waals surface area (Å²) in [4.78, 5) is 24.2. The second kappa shape index (κ2) is 8.28. The Hall–Kier alpha value is -3.81. The molecule has 0 fully saturated rings. The average Bonchev–Trinajstić information content (AvgIpc) is 3.09. The first-order chi connectivity index (χ1) is 14.1. The Labute approximate surface area is 173 Å².